The average Bonchev–Trinajstić information content (AvgIpc) is 2.73. The van der Waals surface area contributed by atoms with Gasteiger partial charge in [-0.25, -0.2) is 0 Å². The highest BCUT2D eigenvalue weighted by Crippen LogP contribution is 2.30. The zero-order valence-corrected chi connectivity index (χ0v) is 13.5. The molecule has 0 aliphatic carbocycles. The van der Waals surface area contributed by atoms with Crippen LogP contribution in [0.5, 0.6) is 0 Å². The second-order valence-electron chi connectivity index (χ2n) is 7.20. The van der Waals surface area contributed by atoms with Crippen LogP contribution in [0.25, 0.3) is 0 Å². The van der Waals surface area contributed by atoms with Gasteiger partial charge < -0.3 is 9.73 Å². The summed E-state index contributed by atoms with van der Waals surface area (Å²) in [5.74, 6) is 2.15. The molecule has 0 amide bonds. The van der Waals surface area contributed by atoms with E-state index < -0.39 is 0 Å². The summed E-state index contributed by atoms with van der Waals surface area (Å²) in [4.78, 5) is 2.53. The number of furan rings is 1. The summed E-state index contributed by atoms with van der Waals surface area (Å²) in [6.45, 7) is 13.3. The van der Waals surface area contributed by atoms with Crippen molar-refractivity contribution in [3.8, 4) is 0 Å². The van der Waals surface area contributed by atoms with Crippen LogP contribution in [0.15, 0.2) is 16.5 Å². The topological polar surface area (TPSA) is 28.4 Å². The van der Waals surface area contributed by atoms with E-state index in [0.29, 0.717) is 11.5 Å². The summed E-state index contributed by atoms with van der Waals surface area (Å²) in [6.07, 6.45) is 3.93. The van der Waals surface area contributed by atoms with E-state index in [9.17, 15) is 0 Å². The Hall–Kier alpha value is -0.800. The fraction of sp³-hybridized carbons (Fsp3) is 0.765. The lowest BCUT2D eigenvalue weighted by atomic mass is 9.85. The van der Waals surface area contributed by atoms with Crippen molar-refractivity contribution in [2.24, 2.45) is 5.41 Å². The lowest BCUT2D eigenvalue weighted by Gasteiger charge is -2.22. The fourth-order valence-electron chi connectivity index (χ4n) is 2.76. The minimum absolute atomic E-state index is 0.497. The van der Waals surface area contributed by atoms with Crippen molar-refractivity contribution in [2.75, 3.05) is 13.1 Å². The number of hydrogen-bond donors (Lipinski definition) is 1. The summed E-state index contributed by atoms with van der Waals surface area (Å²) in [5, 5.41) is 3.39. The molecule has 114 valence electrons. The Labute approximate surface area is 123 Å². The monoisotopic (exact) mass is 278 g/mol. The Morgan fingerprint density at radius 2 is 1.95 bits per heavy atom. The van der Waals surface area contributed by atoms with E-state index in [1.165, 1.54) is 32.4 Å². The molecule has 0 saturated carbocycles. The number of nitrogens with one attached hydrogen (secondary N) is 1. The molecule has 2 heterocycles. The van der Waals surface area contributed by atoms with Crippen molar-refractivity contribution in [1.82, 2.24) is 10.2 Å². The van der Waals surface area contributed by atoms with E-state index >= 15 is 0 Å². The van der Waals surface area contributed by atoms with E-state index in [2.05, 4.69) is 50.0 Å². The van der Waals surface area contributed by atoms with Crippen molar-refractivity contribution in [3.63, 3.8) is 0 Å². The molecule has 3 nitrogen and oxygen atoms in total. The molecule has 0 atom stereocenters. The van der Waals surface area contributed by atoms with Gasteiger partial charge in [-0.2, -0.15) is 0 Å². The van der Waals surface area contributed by atoms with Crippen molar-refractivity contribution in [2.45, 2.75) is 66.1 Å². The molecule has 0 bridgehead atoms. The quantitative estimate of drug-likeness (QED) is 0.888. The summed E-state index contributed by atoms with van der Waals surface area (Å²) in [7, 11) is 0. The predicted molar refractivity (Wildman–Crippen MR) is 83.6 cm³/mol. The molecular weight excluding hydrogens is 248 g/mol. The molecule has 1 aliphatic heterocycles. The summed E-state index contributed by atoms with van der Waals surface area (Å²) in [5.41, 5.74) is 0.504. The molecular formula is C17H30N2O. The number of nitrogens with zero attached hydrogens (tertiary/aromatic N) is 1. The van der Waals surface area contributed by atoms with Crippen LogP contribution < -0.4 is 5.32 Å². The smallest absolute Gasteiger partial charge is 0.118 e. The van der Waals surface area contributed by atoms with Gasteiger partial charge in [-0.3, -0.25) is 4.90 Å². The minimum atomic E-state index is 0.497. The van der Waals surface area contributed by atoms with Crippen LogP contribution in [-0.2, 0) is 13.1 Å². The Morgan fingerprint density at radius 1 is 1.20 bits per heavy atom. The Balaban J connectivity index is 1.84. The predicted octanol–water partition coefficient (Wildman–Crippen LogP) is 3.79. The molecule has 3 heteroatoms. The zero-order valence-electron chi connectivity index (χ0n) is 13.5. The van der Waals surface area contributed by atoms with Gasteiger partial charge in [0.15, 0.2) is 0 Å². The van der Waals surface area contributed by atoms with Gasteiger partial charge in [0.1, 0.15) is 11.5 Å². The molecule has 0 unspecified atom stereocenters. The van der Waals surface area contributed by atoms with E-state index in [4.69, 9.17) is 4.42 Å². The van der Waals surface area contributed by atoms with Gasteiger partial charge in [0, 0.05) is 6.04 Å². The van der Waals surface area contributed by atoms with Crippen LogP contribution >= 0.6 is 0 Å². The third kappa shape index (κ3) is 4.95. The van der Waals surface area contributed by atoms with Gasteiger partial charge >= 0.3 is 0 Å². The van der Waals surface area contributed by atoms with Crippen LogP contribution in [-0.4, -0.2) is 24.0 Å². The van der Waals surface area contributed by atoms with Crippen LogP contribution in [0.1, 0.15) is 58.5 Å². The first-order chi connectivity index (χ1) is 9.44. The first-order valence-corrected chi connectivity index (χ1v) is 7.98. The molecule has 2 rings (SSSR count). The maximum absolute atomic E-state index is 5.93. The van der Waals surface area contributed by atoms with Crippen molar-refractivity contribution in [3.05, 3.63) is 23.7 Å². The third-order valence-corrected chi connectivity index (χ3v) is 4.21. The minimum Gasteiger partial charge on any atom is -0.463 e. The Morgan fingerprint density at radius 3 is 2.70 bits per heavy atom. The van der Waals surface area contributed by atoms with Gasteiger partial charge in [0.25, 0.3) is 0 Å². The van der Waals surface area contributed by atoms with Crippen LogP contribution in [0, 0.1) is 5.41 Å². The highest BCUT2D eigenvalue weighted by molar-refractivity contribution is 5.07. The third-order valence-electron chi connectivity index (χ3n) is 4.21. The van der Waals surface area contributed by atoms with E-state index in [0.717, 1.165) is 24.6 Å². The molecule has 1 aromatic rings. The van der Waals surface area contributed by atoms with Gasteiger partial charge in [0.05, 0.1) is 13.1 Å². The maximum Gasteiger partial charge on any atom is 0.118 e. The van der Waals surface area contributed by atoms with Crippen molar-refractivity contribution < 1.29 is 4.42 Å². The van der Waals surface area contributed by atoms with Gasteiger partial charge in [-0.1, -0.05) is 27.7 Å². The van der Waals surface area contributed by atoms with Gasteiger partial charge in [-0.05, 0) is 49.9 Å². The maximum atomic E-state index is 5.93. The van der Waals surface area contributed by atoms with E-state index in [1.54, 1.807) is 0 Å². The highest BCUT2D eigenvalue weighted by Gasteiger charge is 2.23. The van der Waals surface area contributed by atoms with Crippen LogP contribution in [0.4, 0.5) is 0 Å². The fourth-order valence-corrected chi connectivity index (χ4v) is 2.76. The molecule has 0 radical (unpaired) electrons. The number of likely N-dealkylation sites (tertiary alicyclic amines) is 1. The average molecular weight is 278 g/mol. The molecule has 0 aromatic carbocycles. The first-order valence-electron chi connectivity index (χ1n) is 7.98. The molecule has 1 aliphatic rings. The normalized spacial score (nSPS) is 20.2. The first kappa shape index (κ1) is 15.6. The number of rotatable bonds is 5. The van der Waals surface area contributed by atoms with Gasteiger partial charge in [-0.15, -0.1) is 0 Å². The molecule has 20 heavy (non-hydrogen) atoms. The Bertz CT molecular complexity index is 409. The van der Waals surface area contributed by atoms with Crippen molar-refractivity contribution in [1.29, 1.82) is 0 Å². The standard InChI is InChI=1S/C17H30N2O/c1-14(2)18-12-15-6-7-16(20-15)13-19-10-5-8-17(3,4)9-11-19/h6-7,14,18H,5,8-13H2,1-4H3. The zero-order chi connectivity index (χ0) is 14.6. The van der Waals surface area contributed by atoms with Crippen molar-refractivity contribution >= 4 is 0 Å². The largest absolute Gasteiger partial charge is 0.463 e. The molecule has 1 aromatic heterocycles. The second-order valence-corrected chi connectivity index (χ2v) is 7.20. The van der Waals surface area contributed by atoms with E-state index in [1.807, 2.05) is 0 Å². The number of hydrogen-bond acceptors (Lipinski definition) is 3. The van der Waals surface area contributed by atoms with Crippen LogP contribution in [0.2, 0.25) is 0 Å². The summed E-state index contributed by atoms with van der Waals surface area (Å²) >= 11 is 0. The van der Waals surface area contributed by atoms with Crippen LogP contribution in [0.3, 0.4) is 0 Å². The lowest BCUT2D eigenvalue weighted by Crippen LogP contribution is -2.24. The molecule has 1 N–H and O–H groups in total. The lowest BCUT2D eigenvalue weighted by molar-refractivity contribution is 0.235. The Kier molecular flexibility index (Phi) is 5.28. The second kappa shape index (κ2) is 6.77. The molecule has 1 fully saturated rings. The SMILES string of the molecule is CC(C)NCc1ccc(CN2CCCC(C)(C)CC2)o1. The highest BCUT2D eigenvalue weighted by atomic mass is 16.3. The molecule has 1 saturated heterocycles. The van der Waals surface area contributed by atoms with Gasteiger partial charge in [0.2, 0.25) is 0 Å². The molecule has 0 spiro atoms. The summed E-state index contributed by atoms with van der Waals surface area (Å²) < 4.78 is 5.93. The van der Waals surface area contributed by atoms with E-state index in [-0.39, 0.29) is 0 Å². The summed E-state index contributed by atoms with van der Waals surface area (Å²) in [6, 6.07) is 4.73.